The maximum Gasteiger partial charge on any atom is 0.417 e. The van der Waals surface area contributed by atoms with Crippen LogP contribution in [0.2, 0.25) is 5.02 Å². The smallest absolute Gasteiger partial charge is 0.417 e. The Morgan fingerprint density at radius 2 is 1.96 bits per heavy atom. The molecule has 1 heterocycles. The van der Waals surface area contributed by atoms with Crippen LogP contribution >= 0.6 is 11.6 Å². The van der Waals surface area contributed by atoms with E-state index >= 15 is 0 Å². The molecule has 6 nitrogen and oxygen atoms in total. The second kappa shape index (κ2) is 8.11. The minimum absolute atomic E-state index is 0.144. The number of rotatable bonds is 7. The standard InChI is InChI=1S/C15H14ClF3N2O4S/c16-13-4-3-11(8-12(13)15(17,18)19)26(23,24)21-6-5-14(22)20-9-10-2-1-7-25-10/h1-4,7-8,21H,5-6,9H2,(H,20,22). The van der Waals surface area contributed by atoms with Gasteiger partial charge in [0.15, 0.2) is 0 Å². The fourth-order valence-electron chi connectivity index (χ4n) is 1.96. The van der Waals surface area contributed by atoms with E-state index in [4.69, 9.17) is 16.0 Å². The molecule has 0 bridgehead atoms. The van der Waals surface area contributed by atoms with Gasteiger partial charge in [0.1, 0.15) is 5.76 Å². The van der Waals surface area contributed by atoms with Crippen LogP contribution in [0.15, 0.2) is 45.9 Å². The third-order valence-electron chi connectivity index (χ3n) is 3.24. The van der Waals surface area contributed by atoms with Crippen LogP contribution in [-0.4, -0.2) is 20.9 Å². The van der Waals surface area contributed by atoms with Gasteiger partial charge in [-0.2, -0.15) is 13.2 Å². The maximum absolute atomic E-state index is 12.8. The van der Waals surface area contributed by atoms with Crippen molar-refractivity contribution in [3.8, 4) is 0 Å². The van der Waals surface area contributed by atoms with Gasteiger partial charge in [-0.15, -0.1) is 0 Å². The summed E-state index contributed by atoms with van der Waals surface area (Å²) >= 11 is 5.46. The van der Waals surface area contributed by atoms with Crippen LogP contribution in [0.5, 0.6) is 0 Å². The first kappa shape index (κ1) is 20.3. The summed E-state index contributed by atoms with van der Waals surface area (Å²) in [7, 11) is -4.22. The van der Waals surface area contributed by atoms with Gasteiger partial charge >= 0.3 is 6.18 Å². The molecule has 2 rings (SSSR count). The number of nitrogens with one attached hydrogen (secondary N) is 2. The van der Waals surface area contributed by atoms with E-state index in [1.807, 2.05) is 0 Å². The molecule has 1 aromatic carbocycles. The molecular formula is C15H14ClF3N2O4S. The molecule has 0 aliphatic heterocycles. The van der Waals surface area contributed by atoms with Crippen molar-refractivity contribution in [3.05, 3.63) is 52.9 Å². The van der Waals surface area contributed by atoms with Gasteiger partial charge in [-0.3, -0.25) is 4.79 Å². The van der Waals surface area contributed by atoms with Crippen molar-refractivity contribution in [2.45, 2.75) is 24.0 Å². The van der Waals surface area contributed by atoms with Crippen LogP contribution in [0.4, 0.5) is 13.2 Å². The van der Waals surface area contributed by atoms with E-state index in [2.05, 4.69) is 10.0 Å². The largest absolute Gasteiger partial charge is 0.467 e. The first-order valence-electron chi connectivity index (χ1n) is 7.25. The quantitative estimate of drug-likeness (QED) is 0.734. The summed E-state index contributed by atoms with van der Waals surface area (Å²) in [5.41, 5.74) is -1.25. The summed E-state index contributed by atoms with van der Waals surface area (Å²) in [4.78, 5) is 11.0. The number of amides is 1. The van der Waals surface area contributed by atoms with Gasteiger partial charge in [-0.25, -0.2) is 13.1 Å². The monoisotopic (exact) mass is 410 g/mol. The fraction of sp³-hybridized carbons (Fsp3) is 0.267. The van der Waals surface area contributed by atoms with Crippen molar-refractivity contribution in [1.29, 1.82) is 0 Å². The molecule has 1 amide bonds. The summed E-state index contributed by atoms with van der Waals surface area (Å²) < 4.78 is 69.7. The zero-order chi connectivity index (χ0) is 19.4. The zero-order valence-electron chi connectivity index (χ0n) is 13.1. The first-order chi connectivity index (χ1) is 12.1. The number of hydrogen-bond donors (Lipinski definition) is 2. The van der Waals surface area contributed by atoms with E-state index in [0.29, 0.717) is 11.8 Å². The third-order valence-corrected chi connectivity index (χ3v) is 5.03. The predicted octanol–water partition coefficient (Wildman–Crippen LogP) is 2.94. The Morgan fingerprint density at radius 1 is 1.23 bits per heavy atom. The fourth-order valence-corrected chi connectivity index (χ4v) is 3.24. The van der Waals surface area contributed by atoms with Gasteiger partial charge in [0.05, 0.1) is 28.3 Å². The highest BCUT2D eigenvalue weighted by atomic mass is 35.5. The Labute approximate surface area is 152 Å². The summed E-state index contributed by atoms with van der Waals surface area (Å²) in [6.07, 6.45) is -3.54. The van der Waals surface area contributed by atoms with Crippen molar-refractivity contribution in [2.24, 2.45) is 0 Å². The Hall–Kier alpha value is -2.04. The highest BCUT2D eigenvalue weighted by Crippen LogP contribution is 2.35. The lowest BCUT2D eigenvalue weighted by Crippen LogP contribution is -2.30. The Bertz CT molecular complexity index is 868. The number of carbonyl (C=O) groups excluding carboxylic acids is 1. The number of furan rings is 1. The summed E-state index contributed by atoms with van der Waals surface area (Å²) in [5, 5.41) is 1.91. The van der Waals surface area contributed by atoms with Crippen LogP contribution in [-0.2, 0) is 27.5 Å². The molecule has 26 heavy (non-hydrogen) atoms. The molecule has 0 saturated heterocycles. The minimum atomic E-state index is -4.78. The second-order valence-electron chi connectivity index (χ2n) is 5.14. The first-order valence-corrected chi connectivity index (χ1v) is 9.11. The van der Waals surface area contributed by atoms with Crippen molar-refractivity contribution in [3.63, 3.8) is 0 Å². The molecule has 0 atom stereocenters. The molecule has 0 spiro atoms. The van der Waals surface area contributed by atoms with E-state index in [9.17, 15) is 26.4 Å². The summed E-state index contributed by atoms with van der Waals surface area (Å²) in [5.74, 6) is 0.0796. The molecular weight excluding hydrogens is 397 g/mol. The minimum Gasteiger partial charge on any atom is -0.467 e. The van der Waals surface area contributed by atoms with Crippen LogP contribution < -0.4 is 10.0 Å². The van der Waals surface area contributed by atoms with Gasteiger partial charge in [-0.1, -0.05) is 11.6 Å². The average Bonchev–Trinajstić information content (AvgIpc) is 3.05. The molecule has 11 heteroatoms. The number of halogens is 4. The number of carbonyl (C=O) groups is 1. The van der Waals surface area contributed by atoms with Crippen molar-refractivity contribution >= 4 is 27.5 Å². The van der Waals surface area contributed by atoms with E-state index in [1.54, 1.807) is 12.1 Å². The topological polar surface area (TPSA) is 88.4 Å². The molecule has 2 N–H and O–H groups in total. The van der Waals surface area contributed by atoms with E-state index in [-0.39, 0.29) is 19.5 Å². The molecule has 0 aliphatic rings. The van der Waals surface area contributed by atoms with Gasteiger partial charge in [0.25, 0.3) is 0 Å². The van der Waals surface area contributed by atoms with Gasteiger partial charge in [0.2, 0.25) is 15.9 Å². The van der Waals surface area contributed by atoms with E-state index < -0.39 is 37.6 Å². The number of alkyl halides is 3. The van der Waals surface area contributed by atoms with Crippen LogP contribution in [0.3, 0.4) is 0 Å². The second-order valence-corrected chi connectivity index (χ2v) is 7.32. The molecule has 142 valence electrons. The molecule has 0 fully saturated rings. The number of sulfonamides is 1. The Kier molecular flexibility index (Phi) is 6.32. The van der Waals surface area contributed by atoms with Crippen LogP contribution in [0.25, 0.3) is 0 Å². The van der Waals surface area contributed by atoms with Crippen LogP contribution in [0.1, 0.15) is 17.7 Å². The van der Waals surface area contributed by atoms with Gasteiger partial charge in [-0.05, 0) is 30.3 Å². The normalized spacial score (nSPS) is 12.2. The van der Waals surface area contributed by atoms with Gasteiger partial charge < -0.3 is 9.73 Å². The lowest BCUT2D eigenvalue weighted by atomic mass is 10.2. The molecule has 2 aromatic rings. The Morgan fingerprint density at radius 3 is 2.58 bits per heavy atom. The third kappa shape index (κ3) is 5.48. The zero-order valence-corrected chi connectivity index (χ0v) is 14.7. The average molecular weight is 411 g/mol. The van der Waals surface area contributed by atoms with Crippen molar-refractivity contribution in [1.82, 2.24) is 10.0 Å². The van der Waals surface area contributed by atoms with Crippen molar-refractivity contribution in [2.75, 3.05) is 6.54 Å². The molecule has 1 aromatic heterocycles. The number of benzene rings is 1. The highest BCUT2D eigenvalue weighted by molar-refractivity contribution is 7.89. The molecule has 0 aliphatic carbocycles. The summed E-state index contributed by atoms with van der Waals surface area (Å²) in [6.45, 7) is -0.138. The van der Waals surface area contributed by atoms with E-state index in [0.717, 1.165) is 12.1 Å². The molecule has 0 unspecified atom stereocenters. The van der Waals surface area contributed by atoms with Crippen LogP contribution in [0, 0.1) is 0 Å². The molecule has 0 radical (unpaired) electrons. The highest BCUT2D eigenvalue weighted by Gasteiger charge is 2.34. The number of hydrogen-bond acceptors (Lipinski definition) is 4. The van der Waals surface area contributed by atoms with Gasteiger partial charge in [0, 0.05) is 13.0 Å². The predicted molar refractivity (Wildman–Crippen MR) is 86.8 cm³/mol. The Balaban J connectivity index is 1.93. The lowest BCUT2D eigenvalue weighted by molar-refractivity contribution is -0.137. The van der Waals surface area contributed by atoms with Crippen molar-refractivity contribution < 1.29 is 30.8 Å². The van der Waals surface area contributed by atoms with E-state index in [1.165, 1.54) is 6.26 Å². The molecule has 0 saturated carbocycles. The SMILES string of the molecule is O=C(CCNS(=O)(=O)c1ccc(Cl)c(C(F)(F)F)c1)NCc1ccco1. The summed E-state index contributed by atoms with van der Waals surface area (Å²) in [6, 6.07) is 5.56. The lowest BCUT2D eigenvalue weighted by Gasteiger charge is -2.12. The maximum atomic E-state index is 12.8.